The van der Waals surface area contributed by atoms with Gasteiger partial charge in [0.15, 0.2) is 5.78 Å². The summed E-state index contributed by atoms with van der Waals surface area (Å²) in [5.74, 6) is -0.579. The van der Waals surface area contributed by atoms with Gasteiger partial charge in [-0.2, -0.15) is 13.1 Å². The van der Waals surface area contributed by atoms with E-state index in [0.29, 0.717) is 16.8 Å². The van der Waals surface area contributed by atoms with E-state index in [1.807, 2.05) is 0 Å². The Labute approximate surface area is 160 Å². The van der Waals surface area contributed by atoms with E-state index in [9.17, 15) is 18.0 Å². The molecule has 1 heterocycles. The average molecular weight is 404 g/mol. The molecular formula is C17H16N4O4S2. The van der Waals surface area contributed by atoms with Crippen LogP contribution in [-0.2, 0) is 14.8 Å². The average Bonchev–Trinajstić information content (AvgIpc) is 3.10. The number of sulfonamides is 1. The lowest BCUT2D eigenvalue weighted by Crippen LogP contribution is -2.35. The van der Waals surface area contributed by atoms with Crippen LogP contribution in [0.1, 0.15) is 17.3 Å². The summed E-state index contributed by atoms with van der Waals surface area (Å²) in [5.41, 5.74) is 1.78. The third-order valence-electron chi connectivity index (χ3n) is 3.88. The van der Waals surface area contributed by atoms with Gasteiger partial charge in [0, 0.05) is 18.3 Å². The Bertz CT molecular complexity index is 1110. The van der Waals surface area contributed by atoms with Gasteiger partial charge in [-0.3, -0.25) is 9.59 Å². The second-order valence-corrected chi connectivity index (χ2v) is 8.37. The van der Waals surface area contributed by atoms with Crippen LogP contribution in [0.3, 0.4) is 0 Å². The van der Waals surface area contributed by atoms with Crippen LogP contribution >= 0.6 is 11.7 Å². The largest absolute Gasteiger partial charge is 0.325 e. The molecule has 0 bridgehead atoms. The molecule has 0 fully saturated rings. The fraction of sp³-hybridized carbons (Fsp3) is 0.176. The van der Waals surface area contributed by atoms with Crippen molar-refractivity contribution >= 4 is 50.2 Å². The van der Waals surface area contributed by atoms with E-state index in [1.54, 1.807) is 36.4 Å². The van der Waals surface area contributed by atoms with Gasteiger partial charge in [0.2, 0.25) is 15.9 Å². The summed E-state index contributed by atoms with van der Waals surface area (Å²) < 4.78 is 34.6. The van der Waals surface area contributed by atoms with Gasteiger partial charge < -0.3 is 5.32 Å². The summed E-state index contributed by atoms with van der Waals surface area (Å²) in [6, 6.07) is 11.1. The number of fused-ring (bicyclic) bond motifs is 1. The summed E-state index contributed by atoms with van der Waals surface area (Å²) in [7, 11) is -2.58. The predicted molar refractivity (Wildman–Crippen MR) is 102 cm³/mol. The molecule has 1 amide bonds. The molecule has 2 aromatic carbocycles. The number of aromatic nitrogens is 2. The van der Waals surface area contributed by atoms with Crippen molar-refractivity contribution in [3.8, 4) is 0 Å². The number of hydrogen-bond acceptors (Lipinski definition) is 7. The number of carbonyl (C=O) groups is 2. The zero-order valence-corrected chi connectivity index (χ0v) is 16.2. The van der Waals surface area contributed by atoms with Crippen LogP contribution in [0.15, 0.2) is 47.4 Å². The van der Waals surface area contributed by atoms with Crippen LogP contribution in [0.2, 0.25) is 0 Å². The number of Topliss-reactive ketones (excluding diaryl/α,β-unsaturated/α-hetero) is 1. The van der Waals surface area contributed by atoms with Crippen molar-refractivity contribution in [2.24, 2.45) is 0 Å². The van der Waals surface area contributed by atoms with E-state index in [-0.39, 0.29) is 22.7 Å². The maximum atomic E-state index is 12.8. The lowest BCUT2D eigenvalue weighted by Gasteiger charge is -2.17. The SMILES string of the molecule is CC(=O)c1ccc(NC(=O)CN(C)S(=O)(=O)c2cccc3nsnc23)cc1. The molecule has 0 atom stereocenters. The van der Waals surface area contributed by atoms with E-state index in [4.69, 9.17) is 0 Å². The molecule has 3 aromatic rings. The second-order valence-electron chi connectivity index (χ2n) is 5.83. The molecule has 3 rings (SSSR count). The van der Waals surface area contributed by atoms with Crippen molar-refractivity contribution in [1.82, 2.24) is 13.1 Å². The molecule has 0 aliphatic carbocycles. The number of amides is 1. The van der Waals surface area contributed by atoms with E-state index in [2.05, 4.69) is 14.1 Å². The molecule has 27 heavy (non-hydrogen) atoms. The monoisotopic (exact) mass is 404 g/mol. The number of benzene rings is 2. The third-order valence-corrected chi connectivity index (χ3v) is 6.26. The normalized spacial score (nSPS) is 11.7. The number of likely N-dealkylation sites (N-methyl/N-ethyl adjacent to an activating group) is 1. The molecule has 140 valence electrons. The maximum absolute atomic E-state index is 12.8. The second kappa shape index (κ2) is 7.51. The molecule has 1 N–H and O–H groups in total. The van der Waals surface area contributed by atoms with Gasteiger partial charge in [-0.25, -0.2) is 8.42 Å². The van der Waals surface area contributed by atoms with Gasteiger partial charge >= 0.3 is 0 Å². The number of rotatable bonds is 6. The van der Waals surface area contributed by atoms with E-state index in [0.717, 1.165) is 16.0 Å². The van der Waals surface area contributed by atoms with E-state index in [1.165, 1.54) is 20.0 Å². The first kappa shape index (κ1) is 19.1. The number of nitrogens with zero attached hydrogens (tertiary/aromatic N) is 3. The topological polar surface area (TPSA) is 109 Å². The Kier molecular flexibility index (Phi) is 5.31. The molecule has 0 saturated carbocycles. The highest BCUT2D eigenvalue weighted by Crippen LogP contribution is 2.23. The highest BCUT2D eigenvalue weighted by Gasteiger charge is 2.26. The lowest BCUT2D eigenvalue weighted by atomic mass is 10.1. The minimum Gasteiger partial charge on any atom is -0.325 e. The Balaban J connectivity index is 1.73. The van der Waals surface area contributed by atoms with Crippen LogP contribution in [0.5, 0.6) is 0 Å². The number of carbonyl (C=O) groups excluding carboxylic acids is 2. The zero-order chi connectivity index (χ0) is 19.6. The predicted octanol–water partition coefficient (Wildman–Crippen LogP) is 2.15. The summed E-state index contributed by atoms with van der Waals surface area (Å²) in [6.45, 7) is 1.08. The molecule has 0 saturated heterocycles. The van der Waals surface area contributed by atoms with Gasteiger partial charge in [-0.1, -0.05) is 6.07 Å². The summed E-state index contributed by atoms with van der Waals surface area (Å²) in [6.07, 6.45) is 0. The van der Waals surface area contributed by atoms with Gasteiger partial charge in [0.1, 0.15) is 15.9 Å². The number of hydrogen-bond donors (Lipinski definition) is 1. The summed E-state index contributed by atoms with van der Waals surface area (Å²) in [4.78, 5) is 23.5. The standard InChI is InChI=1S/C17H16N4O4S2/c1-11(22)12-6-8-13(9-7-12)18-16(23)10-21(2)27(24,25)15-5-3-4-14-17(15)20-26-19-14/h3-9H,10H2,1-2H3,(H,18,23). The fourth-order valence-electron chi connectivity index (χ4n) is 2.43. The van der Waals surface area contributed by atoms with Crippen LogP contribution in [-0.4, -0.2) is 46.8 Å². The first-order chi connectivity index (χ1) is 12.8. The Morgan fingerprint density at radius 2 is 1.81 bits per heavy atom. The first-order valence-electron chi connectivity index (χ1n) is 7.87. The highest BCUT2D eigenvalue weighted by molar-refractivity contribution is 7.89. The quantitative estimate of drug-likeness (QED) is 0.631. The summed E-state index contributed by atoms with van der Waals surface area (Å²) in [5, 5.41) is 2.61. The molecule has 0 aliphatic heterocycles. The molecule has 0 radical (unpaired) electrons. The molecular weight excluding hydrogens is 388 g/mol. The van der Waals surface area contributed by atoms with Crippen LogP contribution in [0, 0.1) is 0 Å². The van der Waals surface area contributed by atoms with Crippen LogP contribution < -0.4 is 5.32 Å². The van der Waals surface area contributed by atoms with Gasteiger partial charge in [-0.15, -0.1) is 0 Å². The van der Waals surface area contributed by atoms with Crippen LogP contribution in [0.4, 0.5) is 5.69 Å². The van der Waals surface area contributed by atoms with Crippen molar-refractivity contribution in [3.05, 3.63) is 48.0 Å². The van der Waals surface area contributed by atoms with Gasteiger partial charge in [0.25, 0.3) is 0 Å². The molecule has 1 aromatic heterocycles. The minimum atomic E-state index is -3.91. The smallest absolute Gasteiger partial charge is 0.245 e. The number of anilines is 1. The molecule has 0 aliphatic rings. The Hall–Kier alpha value is -2.69. The Morgan fingerprint density at radius 1 is 1.11 bits per heavy atom. The van der Waals surface area contributed by atoms with Gasteiger partial charge in [0.05, 0.1) is 18.3 Å². The minimum absolute atomic E-state index is 0.00913. The van der Waals surface area contributed by atoms with Crippen molar-refractivity contribution in [2.45, 2.75) is 11.8 Å². The van der Waals surface area contributed by atoms with Crippen molar-refractivity contribution in [1.29, 1.82) is 0 Å². The fourth-order valence-corrected chi connectivity index (χ4v) is 4.31. The molecule has 0 spiro atoms. The van der Waals surface area contributed by atoms with Gasteiger partial charge in [-0.05, 0) is 43.3 Å². The first-order valence-corrected chi connectivity index (χ1v) is 10.0. The third kappa shape index (κ3) is 4.02. The van der Waals surface area contributed by atoms with E-state index >= 15 is 0 Å². The zero-order valence-electron chi connectivity index (χ0n) is 14.5. The summed E-state index contributed by atoms with van der Waals surface area (Å²) >= 11 is 0.927. The maximum Gasteiger partial charge on any atom is 0.245 e. The number of nitrogens with one attached hydrogen (secondary N) is 1. The van der Waals surface area contributed by atoms with Crippen molar-refractivity contribution in [2.75, 3.05) is 18.9 Å². The molecule has 8 nitrogen and oxygen atoms in total. The molecule has 10 heteroatoms. The van der Waals surface area contributed by atoms with Crippen LogP contribution in [0.25, 0.3) is 11.0 Å². The lowest BCUT2D eigenvalue weighted by molar-refractivity contribution is -0.116. The van der Waals surface area contributed by atoms with Crippen molar-refractivity contribution in [3.63, 3.8) is 0 Å². The van der Waals surface area contributed by atoms with Crippen molar-refractivity contribution < 1.29 is 18.0 Å². The number of ketones is 1. The Morgan fingerprint density at radius 3 is 2.48 bits per heavy atom. The highest BCUT2D eigenvalue weighted by atomic mass is 32.2. The van der Waals surface area contributed by atoms with E-state index < -0.39 is 15.9 Å². The molecule has 0 unspecified atom stereocenters.